The van der Waals surface area contributed by atoms with Gasteiger partial charge in [-0.15, -0.1) is 0 Å². The molecule has 4 rings (SSSR count). The highest BCUT2D eigenvalue weighted by Crippen LogP contribution is 2.37. The lowest BCUT2D eigenvalue weighted by Crippen LogP contribution is -2.51. The first kappa shape index (κ1) is 11.9. The van der Waals surface area contributed by atoms with Crippen molar-refractivity contribution in [2.24, 2.45) is 5.92 Å². The van der Waals surface area contributed by atoms with Gasteiger partial charge < -0.3 is 9.80 Å². The quantitative estimate of drug-likeness (QED) is 0.781. The highest BCUT2D eigenvalue weighted by atomic mass is 16.2. The Labute approximate surface area is 118 Å². The normalized spacial score (nSPS) is 25.2. The number of carbonyl (C=O) groups is 2. The van der Waals surface area contributed by atoms with Gasteiger partial charge in [-0.1, -0.05) is 24.6 Å². The van der Waals surface area contributed by atoms with E-state index in [-0.39, 0.29) is 17.9 Å². The van der Waals surface area contributed by atoms with Crippen LogP contribution in [0.3, 0.4) is 0 Å². The van der Waals surface area contributed by atoms with E-state index in [1.54, 1.807) is 0 Å². The molecule has 2 heterocycles. The van der Waals surface area contributed by atoms with Gasteiger partial charge >= 0.3 is 0 Å². The fourth-order valence-electron chi connectivity index (χ4n) is 3.54. The van der Waals surface area contributed by atoms with Crippen LogP contribution in [0.25, 0.3) is 0 Å². The summed E-state index contributed by atoms with van der Waals surface area (Å²) in [6, 6.07) is 7.87. The number of nitrogens with zero attached hydrogens (tertiary/aromatic N) is 2. The third kappa shape index (κ3) is 1.60. The first-order chi connectivity index (χ1) is 9.75. The first-order valence-electron chi connectivity index (χ1n) is 7.44. The number of carbonyl (C=O) groups excluding carboxylic acids is 2. The van der Waals surface area contributed by atoms with Gasteiger partial charge in [-0.3, -0.25) is 9.59 Å². The average Bonchev–Trinajstić information content (AvgIpc) is 2.71. The van der Waals surface area contributed by atoms with E-state index in [0.717, 1.165) is 24.0 Å². The molecule has 1 saturated heterocycles. The summed E-state index contributed by atoms with van der Waals surface area (Å²) in [4.78, 5) is 28.6. The lowest BCUT2D eigenvalue weighted by Gasteiger charge is -2.40. The number of rotatable bonds is 1. The lowest BCUT2D eigenvalue weighted by molar-refractivity contribution is -0.140. The summed E-state index contributed by atoms with van der Waals surface area (Å²) >= 11 is 0. The second-order valence-corrected chi connectivity index (χ2v) is 6.01. The predicted octanol–water partition coefficient (Wildman–Crippen LogP) is 1.83. The minimum Gasteiger partial charge on any atom is -0.338 e. The second-order valence-electron chi connectivity index (χ2n) is 6.01. The van der Waals surface area contributed by atoms with Crippen molar-refractivity contribution in [2.75, 3.05) is 19.6 Å². The number of benzene rings is 1. The number of hydrogen-bond donors (Lipinski definition) is 0. The highest BCUT2D eigenvalue weighted by Gasteiger charge is 2.42. The van der Waals surface area contributed by atoms with E-state index in [9.17, 15) is 9.59 Å². The van der Waals surface area contributed by atoms with Gasteiger partial charge in [0.2, 0.25) is 5.91 Å². The average molecular weight is 270 g/mol. The molecule has 2 amide bonds. The van der Waals surface area contributed by atoms with Crippen molar-refractivity contribution in [1.29, 1.82) is 0 Å². The second kappa shape index (κ2) is 4.33. The molecule has 0 aromatic heterocycles. The van der Waals surface area contributed by atoms with E-state index in [2.05, 4.69) is 0 Å². The Bertz CT molecular complexity index is 580. The molecule has 1 aliphatic carbocycles. The van der Waals surface area contributed by atoms with Gasteiger partial charge in [0.1, 0.15) is 0 Å². The van der Waals surface area contributed by atoms with Crippen LogP contribution in [0, 0.1) is 5.92 Å². The van der Waals surface area contributed by atoms with Crippen LogP contribution in [0.5, 0.6) is 0 Å². The van der Waals surface area contributed by atoms with Crippen molar-refractivity contribution >= 4 is 11.8 Å². The summed E-state index contributed by atoms with van der Waals surface area (Å²) in [5.41, 5.74) is 1.90. The van der Waals surface area contributed by atoms with Gasteiger partial charge in [-0.25, -0.2) is 0 Å². The summed E-state index contributed by atoms with van der Waals surface area (Å²) in [6.45, 7) is 2.01. The standard InChI is InChI=1S/C16H18N2O2/c19-15(11-4-3-5-11)17-8-9-18-14(10-17)12-6-1-2-7-13(12)16(18)20/h1-2,6-7,11,14H,3-5,8-10H2/t14-/m1/s1. The van der Waals surface area contributed by atoms with Crippen LogP contribution in [0.1, 0.15) is 41.2 Å². The Kier molecular flexibility index (Phi) is 2.59. The third-order valence-electron chi connectivity index (χ3n) is 4.96. The molecule has 0 spiro atoms. The fraction of sp³-hybridized carbons (Fsp3) is 0.500. The zero-order valence-corrected chi connectivity index (χ0v) is 11.4. The first-order valence-corrected chi connectivity index (χ1v) is 7.44. The molecule has 4 nitrogen and oxygen atoms in total. The van der Waals surface area contributed by atoms with E-state index in [0.29, 0.717) is 25.5 Å². The SMILES string of the molecule is O=C(C1CCC1)N1CCN2C(=O)c3ccccc3[C@H]2C1. The Balaban J connectivity index is 1.59. The van der Waals surface area contributed by atoms with Crippen molar-refractivity contribution < 1.29 is 9.59 Å². The van der Waals surface area contributed by atoms with E-state index in [4.69, 9.17) is 0 Å². The smallest absolute Gasteiger partial charge is 0.254 e. The molecule has 0 unspecified atom stereocenters. The molecule has 104 valence electrons. The molecule has 1 atom stereocenters. The molecule has 1 aromatic carbocycles. The van der Waals surface area contributed by atoms with Crippen LogP contribution >= 0.6 is 0 Å². The van der Waals surface area contributed by atoms with Gasteiger partial charge in [0.05, 0.1) is 6.04 Å². The molecule has 0 bridgehead atoms. The molecule has 20 heavy (non-hydrogen) atoms. The monoisotopic (exact) mass is 270 g/mol. The van der Waals surface area contributed by atoms with Gasteiger partial charge in [-0.05, 0) is 24.5 Å². The highest BCUT2D eigenvalue weighted by molar-refractivity contribution is 5.99. The van der Waals surface area contributed by atoms with Crippen LogP contribution in [0.4, 0.5) is 0 Å². The number of amides is 2. The Morgan fingerprint density at radius 1 is 1.15 bits per heavy atom. The third-order valence-corrected chi connectivity index (χ3v) is 4.96. The molecule has 2 fully saturated rings. The summed E-state index contributed by atoms with van der Waals surface area (Å²) in [5.74, 6) is 0.669. The topological polar surface area (TPSA) is 40.6 Å². The summed E-state index contributed by atoms with van der Waals surface area (Å²) in [5, 5.41) is 0. The van der Waals surface area contributed by atoms with E-state index in [1.165, 1.54) is 6.42 Å². The minimum absolute atomic E-state index is 0.0662. The van der Waals surface area contributed by atoms with Crippen LogP contribution in [0.2, 0.25) is 0 Å². The Morgan fingerprint density at radius 2 is 1.95 bits per heavy atom. The van der Waals surface area contributed by atoms with Gasteiger partial charge in [-0.2, -0.15) is 0 Å². The zero-order chi connectivity index (χ0) is 13.7. The number of hydrogen-bond acceptors (Lipinski definition) is 2. The van der Waals surface area contributed by atoms with Crippen molar-refractivity contribution in [3.63, 3.8) is 0 Å². The molecule has 0 N–H and O–H groups in total. The summed E-state index contributed by atoms with van der Waals surface area (Å²) < 4.78 is 0. The Morgan fingerprint density at radius 3 is 2.70 bits per heavy atom. The molecule has 4 heteroatoms. The maximum absolute atomic E-state index is 12.4. The molecule has 0 radical (unpaired) electrons. The number of piperazine rings is 1. The van der Waals surface area contributed by atoms with Gasteiger partial charge in [0.15, 0.2) is 0 Å². The van der Waals surface area contributed by atoms with E-state index in [1.807, 2.05) is 34.1 Å². The number of fused-ring (bicyclic) bond motifs is 3. The molecule has 3 aliphatic rings. The van der Waals surface area contributed by atoms with Gasteiger partial charge in [0.25, 0.3) is 5.91 Å². The predicted molar refractivity (Wildman–Crippen MR) is 74.1 cm³/mol. The van der Waals surface area contributed by atoms with Crippen LogP contribution in [0.15, 0.2) is 24.3 Å². The van der Waals surface area contributed by atoms with Crippen LogP contribution in [-0.2, 0) is 4.79 Å². The lowest BCUT2D eigenvalue weighted by atomic mass is 9.84. The maximum Gasteiger partial charge on any atom is 0.254 e. The Hall–Kier alpha value is -1.84. The molecule has 2 aliphatic heterocycles. The van der Waals surface area contributed by atoms with Crippen LogP contribution in [-0.4, -0.2) is 41.2 Å². The van der Waals surface area contributed by atoms with E-state index >= 15 is 0 Å². The van der Waals surface area contributed by atoms with Crippen molar-refractivity contribution in [3.8, 4) is 0 Å². The molecule has 1 aromatic rings. The van der Waals surface area contributed by atoms with Gasteiger partial charge in [0, 0.05) is 31.1 Å². The largest absolute Gasteiger partial charge is 0.338 e. The molecular formula is C16H18N2O2. The summed E-state index contributed by atoms with van der Waals surface area (Å²) in [6.07, 6.45) is 3.26. The zero-order valence-electron chi connectivity index (χ0n) is 11.4. The molecule has 1 saturated carbocycles. The summed E-state index contributed by atoms with van der Waals surface area (Å²) in [7, 11) is 0. The van der Waals surface area contributed by atoms with Crippen LogP contribution < -0.4 is 0 Å². The van der Waals surface area contributed by atoms with E-state index < -0.39 is 0 Å². The molecular weight excluding hydrogens is 252 g/mol. The van der Waals surface area contributed by atoms with Crippen molar-refractivity contribution in [2.45, 2.75) is 25.3 Å². The van der Waals surface area contributed by atoms with Crippen molar-refractivity contribution in [3.05, 3.63) is 35.4 Å². The fourth-order valence-corrected chi connectivity index (χ4v) is 3.54. The minimum atomic E-state index is 0.0662. The van der Waals surface area contributed by atoms with Crippen molar-refractivity contribution in [1.82, 2.24) is 9.80 Å². The maximum atomic E-state index is 12.4.